The maximum atomic E-state index is 12.7. The summed E-state index contributed by atoms with van der Waals surface area (Å²) in [5, 5.41) is 0. The van der Waals surface area contributed by atoms with Crippen molar-refractivity contribution in [3.63, 3.8) is 0 Å². The number of benzene rings is 1. The summed E-state index contributed by atoms with van der Waals surface area (Å²) in [5.41, 5.74) is 1.13. The number of hydrogen-bond acceptors (Lipinski definition) is 2. The first-order valence-corrected chi connectivity index (χ1v) is 4.62. The Morgan fingerprint density at radius 3 is 2.64 bits per heavy atom. The van der Waals surface area contributed by atoms with E-state index in [-0.39, 0.29) is 5.82 Å². The molecule has 0 saturated heterocycles. The average molecular weight is 193 g/mol. The zero-order valence-corrected chi connectivity index (χ0v) is 8.03. The summed E-state index contributed by atoms with van der Waals surface area (Å²) in [4.78, 5) is 4.24. The maximum Gasteiger partial charge on any atom is 0.183 e. The maximum absolute atomic E-state index is 12.7. The molecule has 0 amide bonds. The lowest BCUT2D eigenvalue weighted by Gasteiger charge is -2.07. The topological polar surface area (TPSA) is 21.6 Å². The first-order chi connectivity index (χ1) is 6.79. The quantitative estimate of drug-likeness (QED) is 0.671. The molecule has 74 valence electrons. The molecule has 0 radical (unpaired) electrons. The van der Waals surface area contributed by atoms with Crippen LogP contribution in [0.15, 0.2) is 29.3 Å². The monoisotopic (exact) mass is 193 g/mol. The van der Waals surface area contributed by atoms with Gasteiger partial charge < -0.3 is 4.74 Å². The van der Waals surface area contributed by atoms with E-state index >= 15 is 0 Å². The van der Waals surface area contributed by atoms with Crippen LogP contribution in [-0.2, 0) is 4.74 Å². The molecule has 0 bridgehead atoms. The van der Waals surface area contributed by atoms with Crippen molar-refractivity contribution in [1.82, 2.24) is 0 Å². The fourth-order valence-corrected chi connectivity index (χ4v) is 1.66. The van der Waals surface area contributed by atoms with Gasteiger partial charge in [-0.15, -0.1) is 0 Å². The summed E-state index contributed by atoms with van der Waals surface area (Å²) in [7, 11) is 1.63. The Morgan fingerprint density at radius 1 is 1.36 bits per heavy atom. The Labute approximate surface area is 82.4 Å². The molecule has 1 atom stereocenters. The third-order valence-electron chi connectivity index (χ3n) is 2.49. The normalized spacial score (nSPS) is 20.7. The third-order valence-corrected chi connectivity index (χ3v) is 2.49. The molecule has 1 aromatic rings. The Morgan fingerprint density at radius 2 is 2.07 bits per heavy atom. The van der Waals surface area contributed by atoms with E-state index in [1.54, 1.807) is 7.11 Å². The Hall–Kier alpha value is -1.38. The van der Waals surface area contributed by atoms with Crippen molar-refractivity contribution in [3.05, 3.63) is 35.6 Å². The van der Waals surface area contributed by atoms with Gasteiger partial charge in [-0.1, -0.05) is 12.1 Å². The van der Waals surface area contributed by atoms with Crippen LogP contribution < -0.4 is 0 Å². The van der Waals surface area contributed by atoms with Gasteiger partial charge in [0.1, 0.15) is 5.82 Å². The average Bonchev–Trinajstić information content (AvgIpc) is 2.67. The Kier molecular flexibility index (Phi) is 2.48. The second kappa shape index (κ2) is 3.78. The van der Waals surface area contributed by atoms with Crippen LogP contribution >= 0.6 is 0 Å². The lowest BCUT2D eigenvalue weighted by molar-refractivity contribution is 0.393. The van der Waals surface area contributed by atoms with E-state index in [4.69, 9.17) is 4.74 Å². The largest absolute Gasteiger partial charge is 0.484 e. The number of ether oxygens (including phenoxy) is 1. The van der Waals surface area contributed by atoms with Gasteiger partial charge in [0.2, 0.25) is 0 Å². The fourth-order valence-electron chi connectivity index (χ4n) is 1.66. The van der Waals surface area contributed by atoms with E-state index in [9.17, 15) is 4.39 Å². The molecule has 0 aliphatic carbocycles. The van der Waals surface area contributed by atoms with Gasteiger partial charge >= 0.3 is 0 Å². The van der Waals surface area contributed by atoms with Gasteiger partial charge in [-0.3, -0.25) is 4.99 Å². The van der Waals surface area contributed by atoms with Crippen molar-refractivity contribution >= 4 is 5.90 Å². The molecule has 1 aromatic carbocycles. The van der Waals surface area contributed by atoms with Gasteiger partial charge in [-0.2, -0.15) is 0 Å². The van der Waals surface area contributed by atoms with Gasteiger partial charge in [-0.25, -0.2) is 4.39 Å². The number of aliphatic imine (C=N–C) groups is 1. The molecule has 1 heterocycles. The molecular weight excluding hydrogens is 181 g/mol. The molecule has 0 fully saturated rings. The Balaban J connectivity index is 2.08. The van der Waals surface area contributed by atoms with Crippen molar-refractivity contribution in [2.24, 2.45) is 4.99 Å². The fraction of sp³-hybridized carbons (Fsp3) is 0.364. The zero-order valence-electron chi connectivity index (χ0n) is 8.03. The van der Waals surface area contributed by atoms with Crippen LogP contribution in [-0.4, -0.2) is 19.6 Å². The summed E-state index contributed by atoms with van der Waals surface area (Å²) in [6.45, 7) is 0.745. The van der Waals surface area contributed by atoms with Crippen molar-refractivity contribution in [1.29, 1.82) is 0 Å². The Bertz CT molecular complexity index is 345. The van der Waals surface area contributed by atoms with E-state index in [1.807, 2.05) is 12.1 Å². The molecular formula is C11H12FNO. The molecule has 1 aliphatic heterocycles. The molecule has 0 saturated carbocycles. The summed E-state index contributed by atoms with van der Waals surface area (Å²) in [6.07, 6.45) is 0.822. The van der Waals surface area contributed by atoms with Crippen LogP contribution in [0.4, 0.5) is 4.39 Å². The predicted molar refractivity (Wildman–Crippen MR) is 53.1 cm³/mol. The first kappa shape index (κ1) is 9.19. The third kappa shape index (κ3) is 1.76. The van der Waals surface area contributed by atoms with Gasteiger partial charge in [0.15, 0.2) is 5.90 Å². The SMILES string of the molecule is COC1=NCC(c2ccc(F)cc2)C1. The van der Waals surface area contributed by atoms with Gasteiger partial charge in [-0.05, 0) is 17.7 Å². The van der Waals surface area contributed by atoms with Crippen molar-refractivity contribution in [2.45, 2.75) is 12.3 Å². The summed E-state index contributed by atoms with van der Waals surface area (Å²) in [5.74, 6) is 0.949. The summed E-state index contributed by atoms with van der Waals surface area (Å²) in [6, 6.07) is 6.60. The van der Waals surface area contributed by atoms with Gasteiger partial charge in [0.25, 0.3) is 0 Å². The molecule has 0 aromatic heterocycles. The second-order valence-corrected chi connectivity index (χ2v) is 3.39. The van der Waals surface area contributed by atoms with E-state index < -0.39 is 0 Å². The standard InChI is InChI=1S/C11H12FNO/c1-14-11-6-9(7-13-11)8-2-4-10(12)5-3-8/h2-5,9H,6-7H2,1H3. The minimum absolute atomic E-state index is 0.195. The highest BCUT2D eigenvalue weighted by atomic mass is 19.1. The van der Waals surface area contributed by atoms with Crippen molar-refractivity contribution < 1.29 is 9.13 Å². The lowest BCUT2D eigenvalue weighted by Crippen LogP contribution is -2.02. The molecule has 2 rings (SSSR count). The van der Waals surface area contributed by atoms with Crippen molar-refractivity contribution in [3.8, 4) is 0 Å². The van der Waals surface area contributed by atoms with Crippen LogP contribution in [0.1, 0.15) is 17.9 Å². The number of methoxy groups -OCH3 is 1. The molecule has 1 aliphatic rings. The molecule has 14 heavy (non-hydrogen) atoms. The molecule has 1 unspecified atom stereocenters. The van der Waals surface area contributed by atoms with E-state index in [0.717, 1.165) is 24.4 Å². The first-order valence-electron chi connectivity index (χ1n) is 4.62. The summed E-state index contributed by atoms with van der Waals surface area (Å²) >= 11 is 0. The zero-order chi connectivity index (χ0) is 9.97. The highest BCUT2D eigenvalue weighted by Gasteiger charge is 2.20. The van der Waals surface area contributed by atoms with Crippen LogP contribution in [0.5, 0.6) is 0 Å². The highest BCUT2D eigenvalue weighted by Crippen LogP contribution is 2.25. The lowest BCUT2D eigenvalue weighted by atomic mass is 9.98. The van der Waals surface area contributed by atoms with Crippen LogP contribution in [0.3, 0.4) is 0 Å². The number of rotatable bonds is 1. The second-order valence-electron chi connectivity index (χ2n) is 3.39. The molecule has 3 heteroatoms. The number of hydrogen-bond donors (Lipinski definition) is 0. The number of nitrogens with zero attached hydrogens (tertiary/aromatic N) is 1. The van der Waals surface area contributed by atoms with Crippen LogP contribution in [0.25, 0.3) is 0 Å². The van der Waals surface area contributed by atoms with E-state index in [1.165, 1.54) is 12.1 Å². The molecule has 0 spiro atoms. The van der Waals surface area contributed by atoms with Gasteiger partial charge in [0.05, 0.1) is 7.11 Å². The van der Waals surface area contributed by atoms with E-state index in [2.05, 4.69) is 4.99 Å². The summed E-state index contributed by atoms with van der Waals surface area (Å²) < 4.78 is 17.7. The van der Waals surface area contributed by atoms with Crippen LogP contribution in [0.2, 0.25) is 0 Å². The predicted octanol–water partition coefficient (Wildman–Crippen LogP) is 2.36. The minimum atomic E-state index is -0.195. The number of halogens is 1. The highest BCUT2D eigenvalue weighted by molar-refractivity contribution is 5.78. The van der Waals surface area contributed by atoms with Crippen LogP contribution in [0, 0.1) is 5.82 Å². The van der Waals surface area contributed by atoms with Crippen molar-refractivity contribution in [2.75, 3.05) is 13.7 Å². The van der Waals surface area contributed by atoms with Gasteiger partial charge in [0, 0.05) is 18.9 Å². The molecule has 0 N–H and O–H groups in total. The minimum Gasteiger partial charge on any atom is -0.484 e. The smallest absolute Gasteiger partial charge is 0.183 e. The molecule has 2 nitrogen and oxygen atoms in total. The van der Waals surface area contributed by atoms with E-state index in [0.29, 0.717) is 5.92 Å².